The summed E-state index contributed by atoms with van der Waals surface area (Å²) in [5.41, 5.74) is 0.630. The smallest absolute Gasteiger partial charge is 0.304 e. The lowest BCUT2D eigenvalue weighted by Crippen LogP contribution is -2.16. The number of hydrogen-bond acceptors (Lipinski definition) is 4. The number of ether oxygens (including phenoxy) is 1. The number of hydrogen-bond donors (Lipinski definition) is 1. The zero-order valence-corrected chi connectivity index (χ0v) is 9.33. The molecule has 0 unspecified atom stereocenters. The molecule has 0 aliphatic rings. The van der Waals surface area contributed by atoms with Crippen LogP contribution in [0.4, 0.5) is 0 Å². The van der Waals surface area contributed by atoms with Crippen molar-refractivity contribution in [1.29, 1.82) is 0 Å². The van der Waals surface area contributed by atoms with E-state index in [1.807, 2.05) is 0 Å². The number of carboxylic acids is 1. The molecule has 1 atom stereocenters. The van der Waals surface area contributed by atoms with Gasteiger partial charge in [-0.1, -0.05) is 12.1 Å². The molecule has 0 saturated heterocycles. The molecule has 0 bridgehead atoms. The van der Waals surface area contributed by atoms with Crippen molar-refractivity contribution in [2.75, 3.05) is 13.7 Å². The van der Waals surface area contributed by atoms with Gasteiger partial charge in [-0.05, 0) is 17.7 Å². The first-order valence-corrected chi connectivity index (χ1v) is 5.00. The van der Waals surface area contributed by atoms with Crippen molar-refractivity contribution < 1.29 is 19.6 Å². The zero-order valence-electron chi connectivity index (χ0n) is 9.33. The third kappa shape index (κ3) is 4.10. The molecule has 1 N–H and O–H groups in total. The molecule has 0 aliphatic carbocycles. The van der Waals surface area contributed by atoms with E-state index in [2.05, 4.69) is 0 Å². The van der Waals surface area contributed by atoms with Crippen molar-refractivity contribution in [3.8, 4) is 5.75 Å². The molecular formula is C11H13NO5. The summed E-state index contributed by atoms with van der Waals surface area (Å²) >= 11 is 0. The Morgan fingerprint density at radius 2 is 2.06 bits per heavy atom. The minimum absolute atomic E-state index is 0.257. The Kier molecular flexibility index (Phi) is 4.45. The Morgan fingerprint density at radius 3 is 2.47 bits per heavy atom. The van der Waals surface area contributed by atoms with E-state index in [-0.39, 0.29) is 6.42 Å². The van der Waals surface area contributed by atoms with Crippen LogP contribution in [-0.2, 0) is 4.79 Å². The number of benzene rings is 1. The molecule has 1 aromatic carbocycles. The van der Waals surface area contributed by atoms with Crippen molar-refractivity contribution in [1.82, 2.24) is 0 Å². The normalized spacial score (nSPS) is 11.8. The van der Waals surface area contributed by atoms with Gasteiger partial charge in [-0.15, -0.1) is 0 Å². The predicted octanol–water partition coefficient (Wildman–Crippen LogP) is 1.53. The number of carboxylic acid groups (broad SMARTS) is 1. The summed E-state index contributed by atoms with van der Waals surface area (Å²) in [7, 11) is 1.51. The quantitative estimate of drug-likeness (QED) is 0.600. The topological polar surface area (TPSA) is 89.7 Å². The summed E-state index contributed by atoms with van der Waals surface area (Å²) < 4.78 is 4.96. The molecule has 0 heterocycles. The fourth-order valence-electron chi connectivity index (χ4n) is 1.55. The van der Waals surface area contributed by atoms with Gasteiger partial charge in [0.1, 0.15) is 5.75 Å². The minimum atomic E-state index is -1.05. The van der Waals surface area contributed by atoms with Crippen molar-refractivity contribution in [3.63, 3.8) is 0 Å². The van der Waals surface area contributed by atoms with Crippen LogP contribution in [0, 0.1) is 10.1 Å². The number of rotatable bonds is 6. The minimum Gasteiger partial charge on any atom is -0.497 e. The summed E-state index contributed by atoms with van der Waals surface area (Å²) in [6, 6.07) is 6.61. The van der Waals surface area contributed by atoms with Crippen molar-refractivity contribution >= 4 is 5.97 Å². The average Bonchev–Trinajstić information content (AvgIpc) is 2.27. The number of aliphatic carboxylic acids is 1. The van der Waals surface area contributed by atoms with Crippen LogP contribution in [0.25, 0.3) is 0 Å². The Bertz CT molecular complexity index is 385. The number of nitro groups is 1. The van der Waals surface area contributed by atoms with Crippen LogP contribution in [-0.4, -0.2) is 29.7 Å². The van der Waals surface area contributed by atoms with E-state index in [0.29, 0.717) is 11.3 Å². The molecule has 92 valence electrons. The van der Waals surface area contributed by atoms with E-state index >= 15 is 0 Å². The van der Waals surface area contributed by atoms with Gasteiger partial charge in [0.05, 0.1) is 19.4 Å². The first kappa shape index (κ1) is 13.0. The molecule has 0 aliphatic heterocycles. The van der Waals surface area contributed by atoms with E-state index in [1.165, 1.54) is 7.11 Å². The van der Waals surface area contributed by atoms with Crippen LogP contribution in [0.3, 0.4) is 0 Å². The van der Waals surface area contributed by atoms with Crippen LogP contribution in [0.5, 0.6) is 5.75 Å². The van der Waals surface area contributed by atoms with Gasteiger partial charge >= 0.3 is 5.97 Å². The Labute approximate surface area is 98.0 Å². The second-order valence-electron chi connectivity index (χ2n) is 3.58. The standard InChI is InChI=1S/C11H13NO5/c1-17-10-4-2-8(3-5-10)9(6-11(13)14)7-12(15)16/h2-5,9H,6-7H2,1H3,(H,13,14)/t9-/m1/s1. The van der Waals surface area contributed by atoms with Crippen LogP contribution < -0.4 is 4.74 Å². The highest BCUT2D eigenvalue weighted by atomic mass is 16.6. The van der Waals surface area contributed by atoms with Crippen LogP contribution in [0.2, 0.25) is 0 Å². The van der Waals surface area contributed by atoms with Crippen molar-refractivity contribution in [2.24, 2.45) is 0 Å². The lowest BCUT2D eigenvalue weighted by Gasteiger charge is -2.11. The second kappa shape index (κ2) is 5.83. The fourth-order valence-corrected chi connectivity index (χ4v) is 1.55. The fraction of sp³-hybridized carbons (Fsp3) is 0.364. The van der Waals surface area contributed by atoms with E-state index in [9.17, 15) is 14.9 Å². The lowest BCUT2D eigenvalue weighted by atomic mass is 9.96. The summed E-state index contributed by atoms with van der Waals surface area (Å²) in [6.07, 6.45) is -0.257. The molecule has 17 heavy (non-hydrogen) atoms. The van der Waals surface area contributed by atoms with Crippen LogP contribution in [0.1, 0.15) is 17.9 Å². The molecule has 0 aromatic heterocycles. The number of methoxy groups -OCH3 is 1. The molecule has 6 nitrogen and oxygen atoms in total. The summed E-state index contributed by atoms with van der Waals surface area (Å²) in [5, 5.41) is 19.2. The maximum absolute atomic E-state index is 10.6. The third-order valence-corrected chi connectivity index (χ3v) is 2.38. The summed E-state index contributed by atoms with van der Waals surface area (Å²) in [6.45, 7) is -0.390. The van der Waals surface area contributed by atoms with Gasteiger partial charge < -0.3 is 9.84 Å². The van der Waals surface area contributed by atoms with Gasteiger partial charge in [-0.3, -0.25) is 14.9 Å². The second-order valence-corrected chi connectivity index (χ2v) is 3.58. The van der Waals surface area contributed by atoms with Crippen LogP contribution >= 0.6 is 0 Å². The molecule has 1 aromatic rings. The Balaban J connectivity index is 2.86. The Hall–Kier alpha value is -2.11. The van der Waals surface area contributed by atoms with Crippen LogP contribution in [0.15, 0.2) is 24.3 Å². The monoisotopic (exact) mass is 239 g/mol. The molecule has 0 radical (unpaired) electrons. The third-order valence-electron chi connectivity index (χ3n) is 2.38. The molecule has 0 saturated carbocycles. The highest BCUT2D eigenvalue weighted by molar-refractivity contribution is 5.68. The highest BCUT2D eigenvalue weighted by Crippen LogP contribution is 2.22. The molecular weight excluding hydrogens is 226 g/mol. The lowest BCUT2D eigenvalue weighted by molar-refractivity contribution is -0.483. The van der Waals surface area contributed by atoms with E-state index < -0.39 is 23.4 Å². The molecule has 0 amide bonds. The van der Waals surface area contributed by atoms with E-state index in [4.69, 9.17) is 9.84 Å². The number of nitrogens with zero attached hydrogens (tertiary/aromatic N) is 1. The van der Waals surface area contributed by atoms with Gasteiger partial charge in [0.2, 0.25) is 6.54 Å². The largest absolute Gasteiger partial charge is 0.497 e. The SMILES string of the molecule is COc1ccc([C@H](CC(=O)O)C[N+](=O)[O-])cc1. The van der Waals surface area contributed by atoms with Gasteiger partial charge in [0.25, 0.3) is 0 Å². The molecule has 6 heteroatoms. The molecule has 0 spiro atoms. The van der Waals surface area contributed by atoms with Gasteiger partial charge in [-0.25, -0.2) is 0 Å². The molecule has 0 fully saturated rings. The van der Waals surface area contributed by atoms with Gasteiger partial charge in [0, 0.05) is 4.92 Å². The van der Waals surface area contributed by atoms with Gasteiger partial charge in [0.15, 0.2) is 0 Å². The molecule has 1 rings (SSSR count). The predicted molar refractivity (Wildman–Crippen MR) is 59.8 cm³/mol. The first-order chi connectivity index (χ1) is 8.02. The van der Waals surface area contributed by atoms with Crippen molar-refractivity contribution in [2.45, 2.75) is 12.3 Å². The average molecular weight is 239 g/mol. The maximum atomic E-state index is 10.6. The summed E-state index contributed by atoms with van der Waals surface area (Å²) in [4.78, 5) is 20.6. The van der Waals surface area contributed by atoms with E-state index in [0.717, 1.165) is 0 Å². The maximum Gasteiger partial charge on any atom is 0.304 e. The first-order valence-electron chi connectivity index (χ1n) is 5.00. The van der Waals surface area contributed by atoms with Gasteiger partial charge in [-0.2, -0.15) is 0 Å². The summed E-state index contributed by atoms with van der Waals surface area (Å²) in [5.74, 6) is -1.04. The highest BCUT2D eigenvalue weighted by Gasteiger charge is 2.21. The Morgan fingerprint density at radius 1 is 1.47 bits per heavy atom. The number of carbonyl (C=O) groups is 1. The zero-order chi connectivity index (χ0) is 12.8. The van der Waals surface area contributed by atoms with Crippen molar-refractivity contribution in [3.05, 3.63) is 39.9 Å². The van der Waals surface area contributed by atoms with E-state index in [1.54, 1.807) is 24.3 Å².